The monoisotopic (exact) mass is 297 g/mol. The van der Waals surface area contributed by atoms with Crippen LogP contribution in [-0.2, 0) is 21.5 Å². The minimum Gasteiger partial charge on any atom is -0.356 e. The molecule has 22 heavy (non-hydrogen) atoms. The summed E-state index contributed by atoms with van der Waals surface area (Å²) in [4.78, 5) is 32.4. The molecular formula is C17H19N3O2. The Labute approximate surface area is 128 Å². The number of carbonyl (C=O) groups excluding carboxylic acids is 2. The van der Waals surface area contributed by atoms with E-state index in [9.17, 15) is 9.59 Å². The number of fused-ring (bicyclic) bond motifs is 5. The molecule has 3 heterocycles. The number of piperazine rings is 1. The third kappa shape index (κ3) is 1.39. The lowest BCUT2D eigenvalue weighted by Gasteiger charge is -2.51. The van der Waals surface area contributed by atoms with E-state index in [1.165, 1.54) is 5.56 Å². The molecular weight excluding hydrogens is 278 g/mol. The Kier molecular flexibility index (Phi) is 2.50. The number of aromatic nitrogens is 1. The molecule has 2 aliphatic heterocycles. The van der Waals surface area contributed by atoms with Crippen LogP contribution in [0, 0.1) is 0 Å². The van der Waals surface area contributed by atoms with Gasteiger partial charge in [-0.15, -0.1) is 0 Å². The van der Waals surface area contributed by atoms with E-state index < -0.39 is 11.6 Å². The lowest BCUT2D eigenvalue weighted by atomic mass is 9.82. The van der Waals surface area contributed by atoms with Crippen LogP contribution < -0.4 is 0 Å². The van der Waals surface area contributed by atoms with E-state index in [1.807, 2.05) is 25.1 Å². The quantitative estimate of drug-likeness (QED) is 0.803. The van der Waals surface area contributed by atoms with Crippen LogP contribution in [0.1, 0.15) is 25.1 Å². The third-order valence-corrected chi connectivity index (χ3v) is 5.37. The maximum Gasteiger partial charge on any atom is 0.254 e. The lowest BCUT2D eigenvalue weighted by Crippen LogP contribution is -2.69. The van der Waals surface area contributed by atoms with Gasteiger partial charge < -0.3 is 14.8 Å². The number of hydrogen-bond acceptors (Lipinski definition) is 2. The fraction of sp³-hybridized carbons (Fsp3) is 0.412. The zero-order chi connectivity index (χ0) is 15.6. The van der Waals surface area contributed by atoms with Crippen molar-refractivity contribution in [2.45, 2.75) is 31.8 Å². The normalized spacial score (nSPS) is 28.0. The van der Waals surface area contributed by atoms with E-state index in [0.717, 1.165) is 23.0 Å². The summed E-state index contributed by atoms with van der Waals surface area (Å²) in [6.45, 7) is 4.25. The second-order valence-corrected chi connectivity index (χ2v) is 6.43. The van der Waals surface area contributed by atoms with Crippen molar-refractivity contribution in [3.63, 3.8) is 0 Å². The summed E-state index contributed by atoms with van der Waals surface area (Å²) in [5.41, 5.74) is 2.14. The van der Waals surface area contributed by atoms with Gasteiger partial charge in [0.05, 0.1) is 5.69 Å². The summed E-state index contributed by atoms with van der Waals surface area (Å²) in [6, 6.07) is 7.68. The highest BCUT2D eigenvalue weighted by atomic mass is 16.2. The van der Waals surface area contributed by atoms with Crippen LogP contribution in [0.25, 0.3) is 10.9 Å². The van der Waals surface area contributed by atoms with Crippen molar-refractivity contribution >= 4 is 22.7 Å². The first-order chi connectivity index (χ1) is 10.5. The van der Waals surface area contributed by atoms with Crippen LogP contribution in [0.5, 0.6) is 0 Å². The van der Waals surface area contributed by atoms with Gasteiger partial charge in [-0.25, -0.2) is 0 Å². The number of carbonyl (C=O) groups is 2. The Bertz CT molecular complexity index is 809. The molecule has 0 aliphatic carbocycles. The van der Waals surface area contributed by atoms with Crippen LogP contribution in [-0.4, -0.2) is 46.2 Å². The van der Waals surface area contributed by atoms with Gasteiger partial charge in [-0.2, -0.15) is 0 Å². The zero-order valence-electron chi connectivity index (χ0n) is 13.0. The van der Waals surface area contributed by atoms with E-state index in [0.29, 0.717) is 6.54 Å². The van der Waals surface area contributed by atoms with Crippen molar-refractivity contribution in [1.29, 1.82) is 0 Å². The van der Waals surface area contributed by atoms with Crippen LogP contribution in [0.4, 0.5) is 0 Å². The van der Waals surface area contributed by atoms with E-state index in [4.69, 9.17) is 0 Å². The number of benzene rings is 1. The fourth-order valence-corrected chi connectivity index (χ4v) is 3.92. The summed E-state index contributed by atoms with van der Waals surface area (Å²) in [6.07, 6.45) is 0.782. The molecule has 114 valence electrons. The molecule has 1 fully saturated rings. The van der Waals surface area contributed by atoms with E-state index in [1.54, 1.807) is 23.8 Å². The van der Waals surface area contributed by atoms with Crippen molar-refractivity contribution in [2.24, 2.45) is 0 Å². The first kappa shape index (κ1) is 13.4. The molecule has 1 aromatic carbocycles. The number of aromatic amines is 1. The number of hydrogen-bond donors (Lipinski definition) is 1. The number of nitrogens with one attached hydrogen (secondary N) is 1. The fourth-order valence-electron chi connectivity index (χ4n) is 3.92. The van der Waals surface area contributed by atoms with Gasteiger partial charge in [0, 0.05) is 24.5 Å². The summed E-state index contributed by atoms with van der Waals surface area (Å²) in [5, 5.41) is 1.15. The molecule has 0 spiro atoms. The van der Waals surface area contributed by atoms with Gasteiger partial charge in [0.15, 0.2) is 5.54 Å². The molecule has 5 heteroatoms. The van der Waals surface area contributed by atoms with Crippen molar-refractivity contribution in [3.8, 4) is 0 Å². The summed E-state index contributed by atoms with van der Waals surface area (Å²) < 4.78 is 0. The maximum atomic E-state index is 13.0. The number of H-pyrrole nitrogens is 1. The number of nitrogens with zero attached hydrogens (tertiary/aromatic N) is 2. The molecule has 1 N–H and O–H groups in total. The van der Waals surface area contributed by atoms with E-state index in [2.05, 4.69) is 11.1 Å². The van der Waals surface area contributed by atoms with Crippen molar-refractivity contribution in [3.05, 3.63) is 35.5 Å². The van der Waals surface area contributed by atoms with E-state index in [-0.39, 0.29) is 11.8 Å². The summed E-state index contributed by atoms with van der Waals surface area (Å²) in [7, 11) is 1.71. The Morgan fingerprint density at radius 1 is 1.27 bits per heavy atom. The predicted molar refractivity (Wildman–Crippen MR) is 83.3 cm³/mol. The Hall–Kier alpha value is -2.30. The Morgan fingerprint density at radius 3 is 2.77 bits per heavy atom. The number of rotatable bonds is 0. The van der Waals surface area contributed by atoms with E-state index >= 15 is 0 Å². The minimum absolute atomic E-state index is 0.0212. The van der Waals surface area contributed by atoms with Crippen molar-refractivity contribution in [1.82, 2.24) is 14.8 Å². The van der Waals surface area contributed by atoms with Crippen molar-refractivity contribution < 1.29 is 9.59 Å². The summed E-state index contributed by atoms with van der Waals surface area (Å²) in [5.74, 6) is 0.000937. The molecule has 5 nitrogen and oxygen atoms in total. The largest absolute Gasteiger partial charge is 0.356 e. The van der Waals surface area contributed by atoms with Gasteiger partial charge in [-0.3, -0.25) is 9.59 Å². The Balaban J connectivity index is 1.99. The average molecular weight is 297 g/mol. The predicted octanol–water partition coefficient (Wildman–Crippen LogP) is 1.63. The SMILES string of the molecule is C[C@H]1C(=O)N2CCc3c([nH]c4ccccc34)C2(C)C(=O)N1C. The highest BCUT2D eigenvalue weighted by Gasteiger charge is 2.55. The molecule has 2 aliphatic rings. The molecule has 2 aromatic rings. The van der Waals surface area contributed by atoms with Crippen molar-refractivity contribution in [2.75, 3.05) is 13.6 Å². The van der Waals surface area contributed by atoms with Crippen LogP contribution in [0.2, 0.25) is 0 Å². The molecule has 1 aromatic heterocycles. The maximum absolute atomic E-state index is 13.0. The van der Waals surface area contributed by atoms with Gasteiger partial charge in [-0.05, 0) is 31.9 Å². The molecule has 1 unspecified atom stereocenters. The zero-order valence-corrected chi connectivity index (χ0v) is 13.0. The first-order valence-electron chi connectivity index (χ1n) is 7.65. The van der Waals surface area contributed by atoms with Gasteiger partial charge in [-0.1, -0.05) is 18.2 Å². The lowest BCUT2D eigenvalue weighted by molar-refractivity contribution is -0.169. The standard InChI is InChI=1S/C17H19N3O2/c1-10-15(21)20-9-8-12-11-6-4-5-7-13(11)18-14(12)17(20,2)16(22)19(10)3/h4-7,10,18H,8-9H2,1-3H3/t10-,17?/m0/s1. The second kappa shape index (κ2) is 4.12. The second-order valence-electron chi connectivity index (χ2n) is 6.43. The molecule has 1 saturated heterocycles. The molecule has 2 atom stereocenters. The highest BCUT2D eigenvalue weighted by Crippen LogP contribution is 2.42. The smallest absolute Gasteiger partial charge is 0.254 e. The first-order valence-corrected chi connectivity index (χ1v) is 7.65. The topological polar surface area (TPSA) is 56.4 Å². The number of para-hydroxylation sites is 1. The van der Waals surface area contributed by atoms with Gasteiger partial charge in [0.1, 0.15) is 6.04 Å². The average Bonchev–Trinajstić information content (AvgIpc) is 2.91. The Morgan fingerprint density at radius 2 is 2.00 bits per heavy atom. The minimum atomic E-state index is -0.926. The molecule has 0 bridgehead atoms. The molecule has 0 saturated carbocycles. The van der Waals surface area contributed by atoms with Crippen LogP contribution >= 0.6 is 0 Å². The van der Waals surface area contributed by atoms with Gasteiger partial charge in [0.25, 0.3) is 5.91 Å². The number of likely N-dealkylation sites (N-methyl/N-ethyl adjacent to an activating group) is 1. The van der Waals surface area contributed by atoms with Gasteiger partial charge in [0.2, 0.25) is 5.91 Å². The highest BCUT2D eigenvalue weighted by molar-refractivity contribution is 6.01. The molecule has 4 rings (SSSR count). The molecule has 2 amide bonds. The van der Waals surface area contributed by atoms with Gasteiger partial charge >= 0.3 is 0 Å². The summed E-state index contributed by atoms with van der Waals surface area (Å²) >= 11 is 0. The van der Waals surface area contributed by atoms with Crippen LogP contribution in [0.3, 0.4) is 0 Å². The molecule has 0 radical (unpaired) electrons. The van der Waals surface area contributed by atoms with Crippen LogP contribution in [0.15, 0.2) is 24.3 Å². The third-order valence-electron chi connectivity index (χ3n) is 5.37. The number of amides is 2.